The number of nitrogens with zero attached hydrogens (tertiary/aromatic N) is 6. The molecule has 1 saturated heterocycles. The largest absolute Gasteiger partial charge is 0.495 e. The van der Waals surface area contributed by atoms with Crippen LogP contribution in [0.25, 0.3) is 11.6 Å². The molecule has 1 aliphatic rings. The van der Waals surface area contributed by atoms with Crippen LogP contribution in [0.2, 0.25) is 10.0 Å². The molecule has 0 aliphatic carbocycles. The molecule has 1 fully saturated rings. The van der Waals surface area contributed by atoms with E-state index in [2.05, 4.69) is 20.2 Å². The molecule has 0 N–H and O–H groups in total. The summed E-state index contributed by atoms with van der Waals surface area (Å²) in [4.78, 5) is 16.9. The summed E-state index contributed by atoms with van der Waals surface area (Å²) in [6, 6.07) is 5.69. The maximum Gasteiger partial charge on any atom is 0.269 e. The third-order valence-corrected chi connectivity index (χ3v) is 6.04. The van der Waals surface area contributed by atoms with Crippen LogP contribution in [-0.2, 0) is 11.3 Å². The lowest BCUT2D eigenvalue weighted by atomic mass is 10.2. The molecule has 0 radical (unpaired) electrons. The Bertz CT molecular complexity index is 1100. The van der Waals surface area contributed by atoms with E-state index >= 15 is 0 Å². The Morgan fingerprint density at radius 3 is 2.55 bits per heavy atom. The van der Waals surface area contributed by atoms with Gasteiger partial charge in [-0.25, -0.2) is 0 Å². The number of halogens is 2. The SMILES string of the molecule is COc1cc(N2CCN(C(=O)Cn3nc(-c4nnc(C)o4)c(Cl)c3C)CC2)ccc1Cl. The number of carbonyl (C=O) groups is 1. The molecular weight excluding hydrogens is 443 g/mol. The van der Waals surface area contributed by atoms with Gasteiger partial charge in [-0.2, -0.15) is 5.10 Å². The Kier molecular flexibility index (Phi) is 6.06. The van der Waals surface area contributed by atoms with Gasteiger partial charge in [0.05, 0.1) is 22.8 Å². The first kappa shape index (κ1) is 21.5. The molecule has 3 aromatic rings. The zero-order valence-corrected chi connectivity index (χ0v) is 18.9. The van der Waals surface area contributed by atoms with Crippen molar-refractivity contribution in [3.8, 4) is 17.3 Å². The second kappa shape index (κ2) is 8.76. The monoisotopic (exact) mass is 464 g/mol. The molecule has 164 valence electrons. The number of ether oxygens (including phenoxy) is 1. The number of methoxy groups -OCH3 is 1. The van der Waals surface area contributed by atoms with Crippen molar-refractivity contribution in [1.82, 2.24) is 24.9 Å². The van der Waals surface area contributed by atoms with Gasteiger partial charge in [-0.3, -0.25) is 9.48 Å². The van der Waals surface area contributed by atoms with Gasteiger partial charge < -0.3 is 19.0 Å². The fourth-order valence-electron chi connectivity index (χ4n) is 3.49. The lowest BCUT2D eigenvalue weighted by molar-refractivity contribution is -0.132. The van der Waals surface area contributed by atoms with E-state index in [-0.39, 0.29) is 18.3 Å². The summed E-state index contributed by atoms with van der Waals surface area (Å²) < 4.78 is 12.3. The average molecular weight is 465 g/mol. The minimum atomic E-state index is -0.0242. The van der Waals surface area contributed by atoms with Gasteiger partial charge in [-0.05, 0) is 19.1 Å². The Morgan fingerprint density at radius 1 is 1.16 bits per heavy atom. The maximum absolute atomic E-state index is 12.9. The van der Waals surface area contributed by atoms with Gasteiger partial charge >= 0.3 is 0 Å². The standard InChI is InChI=1S/C20H22Cl2N6O3/c1-12-18(22)19(20-24-23-13(2)31-20)25-28(12)11-17(29)27-8-6-26(7-9-27)14-4-5-15(21)16(10-14)30-3/h4-5,10H,6-9,11H2,1-3H3. The third-order valence-electron chi connectivity index (χ3n) is 5.28. The highest BCUT2D eigenvalue weighted by Gasteiger charge is 2.25. The molecule has 4 rings (SSSR count). The van der Waals surface area contributed by atoms with Crippen LogP contribution in [0.15, 0.2) is 22.6 Å². The maximum atomic E-state index is 12.9. The molecule has 0 unspecified atom stereocenters. The molecular formula is C20H22Cl2N6O3. The first-order valence-electron chi connectivity index (χ1n) is 9.77. The van der Waals surface area contributed by atoms with Crippen LogP contribution in [0.5, 0.6) is 5.75 Å². The highest BCUT2D eigenvalue weighted by atomic mass is 35.5. The molecule has 3 heterocycles. The minimum Gasteiger partial charge on any atom is -0.495 e. The van der Waals surface area contributed by atoms with Crippen molar-refractivity contribution in [3.63, 3.8) is 0 Å². The van der Waals surface area contributed by atoms with Gasteiger partial charge in [0.25, 0.3) is 5.89 Å². The number of hydrogen-bond acceptors (Lipinski definition) is 7. The predicted molar refractivity (Wildman–Crippen MR) is 117 cm³/mol. The van der Waals surface area contributed by atoms with E-state index in [4.69, 9.17) is 32.4 Å². The van der Waals surface area contributed by atoms with E-state index in [1.807, 2.05) is 23.1 Å². The topological polar surface area (TPSA) is 89.5 Å². The van der Waals surface area contributed by atoms with E-state index in [1.165, 1.54) is 0 Å². The molecule has 9 nitrogen and oxygen atoms in total. The van der Waals surface area contributed by atoms with E-state index < -0.39 is 0 Å². The highest BCUT2D eigenvalue weighted by Crippen LogP contribution is 2.30. The first-order chi connectivity index (χ1) is 14.9. The molecule has 1 aromatic carbocycles. The molecule has 0 spiro atoms. The number of rotatable bonds is 5. The van der Waals surface area contributed by atoms with Gasteiger partial charge in [0.15, 0.2) is 5.69 Å². The normalized spacial score (nSPS) is 14.2. The highest BCUT2D eigenvalue weighted by molar-refractivity contribution is 6.33. The van der Waals surface area contributed by atoms with Crippen LogP contribution in [-0.4, -0.2) is 64.1 Å². The second-order valence-electron chi connectivity index (χ2n) is 7.22. The summed E-state index contributed by atoms with van der Waals surface area (Å²) in [5.41, 5.74) is 2.07. The molecule has 2 aromatic heterocycles. The summed E-state index contributed by atoms with van der Waals surface area (Å²) in [7, 11) is 1.59. The number of anilines is 1. The Hall–Kier alpha value is -2.78. The Labute approximate surface area is 189 Å². The third kappa shape index (κ3) is 4.33. The van der Waals surface area contributed by atoms with E-state index in [1.54, 1.807) is 25.6 Å². The molecule has 11 heteroatoms. The van der Waals surface area contributed by atoms with Crippen LogP contribution >= 0.6 is 23.2 Å². The molecule has 1 aliphatic heterocycles. The van der Waals surface area contributed by atoms with Crippen molar-refractivity contribution in [3.05, 3.63) is 39.8 Å². The summed E-state index contributed by atoms with van der Waals surface area (Å²) in [6.07, 6.45) is 0. The summed E-state index contributed by atoms with van der Waals surface area (Å²) in [6.45, 7) is 6.22. The Balaban J connectivity index is 1.41. The van der Waals surface area contributed by atoms with E-state index in [0.29, 0.717) is 59.3 Å². The fraction of sp³-hybridized carbons (Fsp3) is 0.400. The fourth-order valence-corrected chi connectivity index (χ4v) is 3.91. The quantitative estimate of drug-likeness (QED) is 0.572. The predicted octanol–water partition coefficient (Wildman–Crippen LogP) is 3.21. The summed E-state index contributed by atoms with van der Waals surface area (Å²) in [5.74, 6) is 1.27. The van der Waals surface area contributed by atoms with Crippen LogP contribution in [0.4, 0.5) is 5.69 Å². The van der Waals surface area contributed by atoms with Crippen molar-refractivity contribution < 1.29 is 13.9 Å². The van der Waals surface area contributed by atoms with Crippen molar-refractivity contribution >= 4 is 34.8 Å². The van der Waals surface area contributed by atoms with Gasteiger partial charge in [-0.15, -0.1) is 10.2 Å². The van der Waals surface area contributed by atoms with Crippen LogP contribution < -0.4 is 9.64 Å². The van der Waals surface area contributed by atoms with Gasteiger partial charge in [0, 0.05) is 44.9 Å². The zero-order chi connectivity index (χ0) is 22.1. The smallest absolute Gasteiger partial charge is 0.269 e. The van der Waals surface area contributed by atoms with Crippen molar-refractivity contribution in [1.29, 1.82) is 0 Å². The summed E-state index contributed by atoms with van der Waals surface area (Å²) >= 11 is 12.5. The minimum absolute atomic E-state index is 0.0242. The second-order valence-corrected chi connectivity index (χ2v) is 8.00. The zero-order valence-electron chi connectivity index (χ0n) is 17.4. The number of carbonyl (C=O) groups excluding carboxylic acids is 1. The van der Waals surface area contributed by atoms with Crippen molar-refractivity contribution in [2.45, 2.75) is 20.4 Å². The first-order valence-corrected chi connectivity index (χ1v) is 10.5. The average Bonchev–Trinajstić information content (AvgIpc) is 3.32. The number of aryl methyl sites for hydroxylation is 1. The summed E-state index contributed by atoms with van der Waals surface area (Å²) in [5, 5.41) is 13.2. The van der Waals surface area contributed by atoms with E-state index in [0.717, 1.165) is 5.69 Å². The lowest BCUT2D eigenvalue weighted by Gasteiger charge is -2.36. The molecule has 31 heavy (non-hydrogen) atoms. The van der Waals surface area contributed by atoms with Crippen LogP contribution in [0.3, 0.4) is 0 Å². The molecule has 0 bridgehead atoms. The number of aromatic nitrogens is 4. The van der Waals surface area contributed by atoms with Crippen LogP contribution in [0.1, 0.15) is 11.6 Å². The number of piperazine rings is 1. The molecule has 1 amide bonds. The van der Waals surface area contributed by atoms with Gasteiger partial charge in [0.2, 0.25) is 11.8 Å². The van der Waals surface area contributed by atoms with Gasteiger partial charge in [-0.1, -0.05) is 23.2 Å². The van der Waals surface area contributed by atoms with Gasteiger partial charge in [0.1, 0.15) is 12.3 Å². The van der Waals surface area contributed by atoms with Crippen LogP contribution in [0, 0.1) is 13.8 Å². The van der Waals surface area contributed by atoms with E-state index in [9.17, 15) is 4.79 Å². The number of hydrogen-bond donors (Lipinski definition) is 0. The molecule has 0 atom stereocenters. The lowest BCUT2D eigenvalue weighted by Crippen LogP contribution is -2.49. The molecule has 0 saturated carbocycles. The van der Waals surface area contributed by atoms with Crippen molar-refractivity contribution in [2.24, 2.45) is 0 Å². The Morgan fingerprint density at radius 2 is 1.90 bits per heavy atom. The van der Waals surface area contributed by atoms with Crippen molar-refractivity contribution in [2.75, 3.05) is 38.2 Å². The number of benzene rings is 1. The number of amides is 1.